The van der Waals surface area contributed by atoms with Gasteiger partial charge in [0.15, 0.2) is 5.69 Å². The average molecular weight is 317 g/mol. The van der Waals surface area contributed by atoms with E-state index in [1.807, 2.05) is 17.9 Å². The van der Waals surface area contributed by atoms with Crippen molar-refractivity contribution < 1.29 is 13.8 Å². The lowest BCUT2D eigenvalue weighted by Crippen LogP contribution is -2.38. The molecule has 6 heteroatoms. The van der Waals surface area contributed by atoms with Crippen LogP contribution in [0.25, 0.3) is 0 Å². The third-order valence-corrected chi connectivity index (χ3v) is 4.14. The summed E-state index contributed by atoms with van der Waals surface area (Å²) in [5, 5.41) is 8.07. The predicted octanol–water partition coefficient (Wildman–Crippen LogP) is 3.54. The van der Waals surface area contributed by atoms with E-state index in [0.717, 1.165) is 42.9 Å². The Morgan fingerprint density at radius 2 is 2.13 bits per heavy atom. The van der Waals surface area contributed by atoms with Crippen LogP contribution in [0, 0.1) is 12.8 Å². The van der Waals surface area contributed by atoms with Gasteiger partial charge in [-0.2, -0.15) is 0 Å². The summed E-state index contributed by atoms with van der Waals surface area (Å²) in [5.74, 6) is 1.90. The van der Waals surface area contributed by atoms with Gasteiger partial charge < -0.3 is 13.9 Å². The molecule has 0 spiro atoms. The van der Waals surface area contributed by atoms with Crippen LogP contribution in [-0.2, 0) is 6.42 Å². The van der Waals surface area contributed by atoms with Crippen LogP contribution >= 0.6 is 0 Å². The second-order valence-corrected chi connectivity index (χ2v) is 6.65. The lowest BCUT2D eigenvalue weighted by atomic mass is 9.98. The van der Waals surface area contributed by atoms with Crippen molar-refractivity contribution in [2.24, 2.45) is 5.92 Å². The molecule has 0 N–H and O–H groups in total. The van der Waals surface area contributed by atoms with E-state index in [4.69, 9.17) is 9.05 Å². The van der Waals surface area contributed by atoms with Gasteiger partial charge in [-0.15, -0.1) is 0 Å². The Balaban J connectivity index is 1.79. The van der Waals surface area contributed by atoms with E-state index in [2.05, 4.69) is 24.2 Å². The summed E-state index contributed by atoms with van der Waals surface area (Å²) in [6.07, 6.45) is 3.76. The molecule has 0 saturated carbocycles. The van der Waals surface area contributed by atoms with Crippen LogP contribution in [0.2, 0.25) is 0 Å². The van der Waals surface area contributed by atoms with Crippen molar-refractivity contribution in [3.8, 4) is 0 Å². The summed E-state index contributed by atoms with van der Waals surface area (Å²) >= 11 is 0. The van der Waals surface area contributed by atoms with Crippen molar-refractivity contribution in [3.63, 3.8) is 0 Å². The van der Waals surface area contributed by atoms with Gasteiger partial charge in [0.2, 0.25) is 0 Å². The van der Waals surface area contributed by atoms with E-state index in [1.54, 1.807) is 6.07 Å². The maximum atomic E-state index is 12.8. The Bertz CT molecular complexity index is 674. The lowest BCUT2D eigenvalue weighted by Gasteiger charge is -2.33. The first-order valence-electron chi connectivity index (χ1n) is 8.24. The predicted molar refractivity (Wildman–Crippen MR) is 83.9 cm³/mol. The van der Waals surface area contributed by atoms with Gasteiger partial charge in [-0.1, -0.05) is 24.2 Å². The van der Waals surface area contributed by atoms with Gasteiger partial charge in [-0.3, -0.25) is 4.79 Å². The number of amides is 1. The fourth-order valence-electron chi connectivity index (χ4n) is 3.08. The summed E-state index contributed by atoms with van der Waals surface area (Å²) < 4.78 is 10.5. The molecule has 0 bridgehead atoms. The van der Waals surface area contributed by atoms with Crippen LogP contribution in [-0.4, -0.2) is 27.7 Å². The van der Waals surface area contributed by atoms with E-state index in [0.29, 0.717) is 18.2 Å². The molecule has 0 radical (unpaired) electrons. The molecule has 0 aliphatic carbocycles. The number of hydrogen-bond donors (Lipinski definition) is 0. The second kappa shape index (κ2) is 6.56. The standard InChI is InChI=1S/C17H23N3O3/c1-11(2)8-13-10-15(19-23-13)17(21)20-7-5-4-6-16(20)14-9-12(3)22-18-14/h9-11,16H,4-8H2,1-3H3/t16-/m0/s1. The van der Waals surface area contributed by atoms with Gasteiger partial charge >= 0.3 is 0 Å². The van der Waals surface area contributed by atoms with Gasteiger partial charge in [-0.25, -0.2) is 0 Å². The minimum atomic E-state index is -0.0888. The summed E-state index contributed by atoms with van der Waals surface area (Å²) in [4.78, 5) is 14.7. The van der Waals surface area contributed by atoms with Gasteiger partial charge in [0.1, 0.15) is 17.2 Å². The first kappa shape index (κ1) is 15.8. The number of nitrogens with zero attached hydrogens (tertiary/aromatic N) is 3. The Kier molecular flexibility index (Phi) is 4.50. The topological polar surface area (TPSA) is 72.4 Å². The Morgan fingerprint density at radius 1 is 1.30 bits per heavy atom. The summed E-state index contributed by atoms with van der Waals surface area (Å²) in [6.45, 7) is 6.79. The molecular formula is C17H23N3O3. The Morgan fingerprint density at radius 3 is 2.83 bits per heavy atom. The Hall–Kier alpha value is -2.11. The third kappa shape index (κ3) is 3.46. The molecule has 2 aromatic rings. The van der Waals surface area contributed by atoms with Crippen LogP contribution in [0.3, 0.4) is 0 Å². The first-order valence-corrected chi connectivity index (χ1v) is 8.24. The van der Waals surface area contributed by atoms with Crippen LogP contribution in [0.1, 0.15) is 66.9 Å². The van der Waals surface area contributed by atoms with E-state index in [1.165, 1.54) is 0 Å². The molecule has 1 atom stereocenters. The monoisotopic (exact) mass is 317 g/mol. The number of carbonyl (C=O) groups excluding carboxylic acids is 1. The van der Waals surface area contributed by atoms with Crippen LogP contribution in [0.5, 0.6) is 0 Å². The molecule has 3 heterocycles. The second-order valence-electron chi connectivity index (χ2n) is 6.65. The smallest absolute Gasteiger partial charge is 0.276 e. The van der Waals surface area contributed by atoms with Crippen molar-refractivity contribution in [2.45, 2.75) is 52.5 Å². The molecule has 1 amide bonds. The summed E-state index contributed by atoms with van der Waals surface area (Å²) in [7, 11) is 0. The normalized spacial score (nSPS) is 18.6. The Labute approximate surface area is 135 Å². The SMILES string of the molecule is Cc1cc([C@@H]2CCCCN2C(=O)c2cc(CC(C)C)on2)no1. The largest absolute Gasteiger partial charge is 0.361 e. The number of likely N-dealkylation sites (tertiary alicyclic amines) is 1. The number of aromatic nitrogens is 2. The zero-order valence-electron chi connectivity index (χ0n) is 13.9. The minimum Gasteiger partial charge on any atom is -0.361 e. The fourth-order valence-corrected chi connectivity index (χ4v) is 3.08. The van der Waals surface area contributed by atoms with E-state index >= 15 is 0 Å². The fraction of sp³-hybridized carbons (Fsp3) is 0.588. The highest BCUT2D eigenvalue weighted by molar-refractivity contribution is 5.92. The molecule has 0 unspecified atom stereocenters. The highest BCUT2D eigenvalue weighted by Gasteiger charge is 2.32. The molecule has 0 aromatic carbocycles. The van der Waals surface area contributed by atoms with Crippen molar-refractivity contribution in [2.75, 3.05) is 6.54 Å². The first-order chi connectivity index (χ1) is 11.0. The van der Waals surface area contributed by atoms with Crippen molar-refractivity contribution >= 4 is 5.91 Å². The molecule has 1 aliphatic rings. The molecule has 3 rings (SSSR count). The van der Waals surface area contributed by atoms with Crippen LogP contribution in [0.15, 0.2) is 21.2 Å². The molecule has 1 saturated heterocycles. The lowest BCUT2D eigenvalue weighted by molar-refractivity contribution is 0.0591. The minimum absolute atomic E-state index is 0.0426. The zero-order chi connectivity index (χ0) is 16.4. The van der Waals surface area contributed by atoms with Gasteiger partial charge in [0, 0.05) is 25.1 Å². The highest BCUT2D eigenvalue weighted by atomic mass is 16.5. The summed E-state index contributed by atoms with van der Waals surface area (Å²) in [5.41, 5.74) is 1.20. The van der Waals surface area contributed by atoms with Crippen molar-refractivity contribution in [3.05, 3.63) is 35.0 Å². The van der Waals surface area contributed by atoms with Crippen LogP contribution < -0.4 is 0 Å². The molecule has 124 valence electrons. The molecule has 1 aliphatic heterocycles. The highest BCUT2D eigenvalue weighted by Crippen LogP contribution is 2.31. The van der Waals surface area contributed by atoms with Gasteiger partial charge in [0.25, 0.3) is 5.91 Å². The average Bonchev–Trinajstić information content (AvgIpc) is 3.15. The quantitative estimate of drug-likeness (QED) is 0.862. The molecule has 23 heavy (non-hydrogen) atoms. The van der Waals surface area contributed by atoms with Crippen LogP contribution in [0.4, 0.5) is 0 Å². The maximum Gasteiger partial charge on any atom is 0.276 e. The van der Waals surface area contributed by atoms with E-state index in [9.17, 15) is 4.79 Å². The summed E-state index contributed by atoms with van der Waals surface area (Å²) in [6, 6.07) is 3.63. The molecule has 6 nitrogen and oxygen atoms in total. The van der Waals surface area contributed by atoms with Crippen molar-refractivity contribution in [1.82, 2.24) is 15.2 Å². The number of aryl methyl sites for hydroxylation is 1. The molecule has 1 fully saturated rings. The maximum absolute atomic E-state index is 12.8. The molecule has 2 aromatic heterocycles. The molecular weight excluding hydrogens is 294 g/mol. The number of piperidine rings is 1. The number of rotatable bonds is 4. The third-order valence-electron chi connectivity index (χ3n) is 4.14. The number of carbonyl (C=O) groups is 1. The zero-order valence-corrected chi connectivity index (χ0v) is 13.9. The van der Waals surface area contributed by atoms with Gasteiger partial charge in [0.05, 0.1) is 6.04 Å². The van der Waals surface area contributed by atoms with Gasteiger partial charge in [-0.05, 0) is 32.1 Å². The van der Waals surface area contributed by atoms with E-state index < -0.39 is 0 Å². The van der Waals surface area contributed by atoms with Crippen molar-refractivity contribution in [1.29, 1.82) is 0 Å². The van der Waals surface area contributed by atoms with E-state index in [-0.39, 0.29) is 11.9 Å². The number of hydrogen-bond acceptors (Lipinski definition) is 5.